The number of hydrogen-bond donors (Lipinski definition) is 1. The van der Waals surface area contributed by atoms with Crippen LogP contribution in [0.5, 0.6) is 0 Å². The Labute approximate surface area is 242 Å². The van der Waals surface area contributed by atoms with Crippen molar-refractivity contribution in [3.63, 3.8) is 0 Å². The fraction of sp³-hybridized carbons (Fsp3) is 0.150. The second-order valence-corrected chi connectivity index (χ2v) is 12.7. The van der Waals surface area contributed by atoms with E-state index >= 15 is 0 Å². The summed E-state index contributed by atoms with van der Waals surface area (Å²) in [5.41, 5.74) is 15.6. The van der Waals surface area contributed by atoms with E-state index in [1.54, 1.807) is 0 Å². The highest BCUT2D eigenvalue weighted by Crippen LogP contribution is 2.54. The van der Waals surface area contributed by atoms with E-state index in [0.29, 0.717) is 0 Å². The Hall–Kier alpha value is -4.62. The average molecular weight is 528 g/mol. The zero-order chi connectivity index (χ0) is 27.9. The molecule has 0 atom stereocenters. The summed E-state index contributed by atoms with van der Waals surface area (Å²) in [6.07, 6.45) is 0. The molecule has 0 fully saturated rings. The molecule has 0 saturated heterocycles. The molecule has 0 radical (unpaired) electrons. The number of anilines is 2. The number of rotatable bonds is 3. The molecule has 0 saturated carbocycles. The van der Waals surface area contributed by atoms with Gasteiger partial charge in [-0.2, -0.15) is 0 Å². The molecule has 41 heavy (non-hydrogen) atoms. The first-order valence-corrected chi connectivity index (χ1v) is 14.6. The number of para-hydroxylation sites is 1. The van der Waals surface area contributed by atoms with Gasteiger partial charge in [-0.25, -0.2) is 0 Å². The lowest BCUT2D eigenvalue weighted by atomic mass is 9.81. The molecular formula is C40H33N. The summed E-state index contributed by atoms with van der Waals surface area (Å²) < 4.78 is 0. The van der Waals surface area contributed by atoms with E-state index in [0.717, 1.165) is 11.4 Å². The molecule has 0 aromatic heterocycles. The topological polar surface area (TPSA) is 12.0 Å². The fourth-order valence-corrected chi connectivity index (χ4v) is 7.52. The smallest absolute Gasteiger partial charge is 0.0467 e. The van der Waals surface area contributed by atoms with E-state index in [4.69, 9.17) is 0 Å². The third kappa shape index (κ3) is 3.36. The van der Waals surface area contributed by atoms with E-state index in [9.17, 15) is 0 Å². The second-order valence-electron chi connectivity index (χ2n) is 12.7. The van der Waals surface area contributed by atoms with Crippen LogP contribution in [0.15, 0.2) is 121 Å². The molecule has 8 rings (SSSR count). The first kappa shape index (κ1) is 24.2. The van der Waals surface area contributed by atoms with E-state index in [-0.39, 0.29) is 10.8 Å². The number of hydrogen-bond acceptors (Lipinski definition) is 1. The molecule has 0 aliphatic heterocycles. The molecule has 198 valence electrons. The fourth-order valence-electron chi connectivity index (χ4n) is 7.52. The maximum atomic E-state index is 3.88. The molecule has 0 heterocycles. The Kier molecular flexibility index (Phi) is 4.98. The van der Waals surface area contributed by atoms with Crippen molar-refractivity contribution in [3.8, 4) is 33.4 Å². The van der Waals surface area contributed by atoms with Gasteiger partial charge in [-0.05, 0) is 73.5 Å². The van der Waals surface area contributed by atoms with Gasteiger partial charge in [-0.15, -0.1) is 0 Å². The van der Waals surface area contributed by atoms with Crippen molar-refractivity contribution in [2.75, 3.05) is 5.32 Å². The van der Waals surface area contributed by atoms with Gasteiger partial charge in [0, 0.05) is 33.3 Å². The zero-order valence-corrected chi connectivity index (χ0v) is 24.0. The Morgan fingerprint density at radius 3 is 1.95 bits per heavy atom. The van der Waals surface area contributed by atoms with Crippen LogP contribution in [0.2, 0.25) is 0 Å². The number of benzene rings is 6. The van der Waals surface area contributed by atoms with Crippen LogP contribution in [0, 0.1) is 0 Å². The van der Waals surface area contributed by atoms with Crippen LogP contribution in [0.4, 0.5) is 11.4 Å². The Balaban J connectivity index is 1.25. The van der Waals surface area contributed by atoms with Crippen LogP contribution in [-0.2, 0) is 10.8 Å². The third-order valence-electron chi connectivity index (χ3n) is 9.68. The highest BCUT2D eigenvalue weighted by Gasteiger charge is 2.38. The summed E-state index contributed by atoms with van der Waals surface area (Å²) in [5.74, 6) is 0. The van der Waals surface area contributed by atoms with Gasteiger partial charge >= 0.3 is 0 Å². The van der Waals surface area contributed by atoms with Crippen molar-refractivity contribution in [2.24, 2.45) is 0 Å². The Morgan fingerprint density at radius 2 is 1.07 bits per heavy atom. The molecule has 0 bridgehead atoms. The normalized spacial score (nSPS) is 15.2. The SMILES string of the molecule is CC1(C)c2ccccc2-c2c(Nc3ccccc3-c3ccc4c(c3)C(C)(C)c3ccc5ccccc5c3-4)cccc21. The minimum atomic E-state index is -0.0668. The maximum Gasteiger partial charge on any atom is 0.0467 e. The molecule has 6 aromatic carbocycles. The van der Waals surface area contributed by atoms with Crippen molar-refractivity contribution >= 4 is 22.1 Å². The molecule has 1 nitrogen and oxygen atoms in total. The molecule has 0 unspecified atom stereocenters. The lowest BCUT2D eigenvalue weighted by molar-refractivity contribution is 0.660. The second kappa shape index (κ2) is 8.44. The van der Waals surface area contributed by atoms with E-state index in [1.165, 1.54) is 66.4 Å². The maximum absolute atomic E-state index is 3.88. The summed E-state index contributed by atoms with van der Waals surface area (Å²) >= 11 is 0. The molecule has 1 heteroatoms. The lowest BCUT2D eigenvalue weighted by Gasteiger charge is -2.23. The predicted octanol–water partition coefficient (Wildman–Crippen LogP) is 10.9. The van der Waals surface area contributed by atoms with E-state index in [2.05, 4.69) is 154 Å². The molecule has 2 aliphatic carbocycles. The molecule has 6 aromatic rings. The van der Waals surface area contributed by atoms with Crippen molar-refractivity contribution in [1.29, 1.82) is 0 Å². The van der Waals surface area contributed by atoms with Crippen LogP contribution in [0.1, 0.15) is 49.9 Å². The summed E-state index contributed by atoms with van der Waals surface area (Å²) in [7, 11) is 0. The van der Waals surface area contributed by atoms with E-state index in [1.807, 2.05) is 0 Å². The average Bonchev–Trinajstić information content (AvgIpc) is 3.37. The van der Waals surface area contributed by atoms with Crippen LogP contribution in [0.25, 0.3) is 44.2 Å². The van der Waals surface area contributed by atoms with Crippen LogP contribution >= 0.6 is 0 Å². The van der Waals surface area contributed by atoms with E-state index < -0.39 is 0 Å². The largest absolute Gasteiger partial charge is 0.355 e. The molecular weight excluding hydrogens is 494 g/mol. The van der Waals surface area contributed by atoms with Gasteiger partial charge < -0.3 is 5.32 Å². The Bertz CT molecular complexity index is 2020. The summed E-state index contributed by atoms with van der Waals surface area (Å²) in [6.45, 7) is 9.41. The minimum Gasteiger partial charge on any atom is -0.355 e. The number of nitrogens with one attached hydrogen (secondary N) is 1. The van der Waals surface area contributed by atoms with Crippen molar-refractivity contribution < 1.29 is 0 Å². The zero-order valence-electron chi connectivity index (χ0n) is 24.0. The first-order chi connectivity index (χ1) is 19.9. The third-order valence-corrected chi connectivity index (χ3v) is 9.68. The van der Waals surface area contributed by atoms with Gasteiger partial charge in [0.2, 0.25) is 0 Å². The highest BCUT2D eigenvalue weighted by atomic mass is 14.9. The van der Waals surface area contributed by atoms with Crippen molar-refractivity contribution in [3.05, 3.63) is 144 Å². The number of fused-ring (bicyclic) bond motifs is 8. The summed E-state index contributed by atoms with van der Waals surface area (Å²) in [6, 6.07) is 44.8. The quantitative estimate of drug-likeness (QED) is 0.241. The monoisotopic (exact) mass is 527 g/mol. The van der Waals surface area contributed by atoms with Crippen LogP contribution in [-0.4, -0.2) is 0 Å². The molecule has 1 N–H and O–H groups in total. The van der Waals surface area contributed by atoms with Crippen molar-refractivity contribution in [1.82, 2.24) is 0 Å². The first-order valence-electron chi connectivity index (χ1n) is 14.6. The van der Waals surface area contributed by atoms with Gasteiger partial charge in [0.15, 0.2) is 0 Å². The minimum absolute atomic E-state index is 0.0200. The van der Waals surface area contributed by atoms with Gasteiger partial charge in [0.05, 0.1) is 0 Å². The predicted molar refractivity (Wildman–Crippen MR) is 174 cm³/mol. The van der Waals surface area contributed by atoms with Crippen LogP contribution in [0.3, 0.4) is 0 Å². The Morgan fingerprint density at radius 1 is 0.439 bits per heavy atom. The van der Waals surface area contributed by atoms with Gasteiger partial charge in [0.1, 0.15) is 0 Å². The molecule has 0 spiro atoms. The molecule has 2 aliphatic rings. The van der Waals surface area contributed by atoms with Gasteiger partial charge in [-0.3, -0.25) is 0 Å². The van der Waals surface area contributed by atoms with Gasteiger partial charge in [-0.1, -0.05) is 131 Å². The van der Waals surface area contributed by atoms with Crippen LogP contribution < -0.4 is 5.32 Å². The van der Waals surface area contributed by atoms with Gasteiger partial charge in [0.25, 0.3) is 0 Å². The summed E-state index contributed by atoms with van der Waals surface area (Å²) in [5, 5.41) is 6.52. The lowest BCUT2D eigenvalue weighted by Crippen LogP contribution is -2.15. The standard InChI is InChI=1S/C40H33N/c1-39(2)31-16-9-7-15-29(31)38-32(39)17-11-19-36(38)41-35-18-10-8-13-27(35)26-20-22-30-34(24-26)40(3,4)33-23-21-25-12-5-6-14-28(25)37(30)33/h5-24,41H,1-4H3. The highest BCUT2D eigenvalue weighted by molar-refractivity contribution is 6.03. The summed E-state index contributed by atoms with van der Waals surface area (Å²) in [4.78, 5) is 0. The van der Waals surface area contributed by atoms with Crippen molar-refractivity contribution in [2.45, 2.75) is 38.5 Å². The molecule has 0 amide bonds.